The molecule has 1 aromatic rings. The molecule has 0 aliphatic carbocycles. The zero-order valence-electron chi connectivity index (χ0n) is 9.08. The fourth-order valence-electron chi connectivity index (χ4n) is 1.70. The van der Waals surface area contributed by atoms with Crippen molar-refractivity contribution in [3.05, 3.63) is 23.4 Å². The van der Waals surface area contributed by atoms with Crippen LogP contribution in [0.2, 0.25) is 5.02 Å². The van der Waals surface area contributed by atoms with E-state index in [9.17, 15) is 0 Å². The van der Waals surface area contributed by atoms with Gasteiger partial charge in [-0.1, -0.05) is 16.8 Å². The molecule has 0 spiro atoms. The fourth-order valence-corrected chi connectivity index (χ4v) is 1.94. The largest absolute Gasteiger partial charge is 0.409 e. The first-order chi connectivity index (χ1) is 8.22. The summed E-state index contributed by atoms with van der Waals surface area (Å²) >= 11 is 6.06. The fraction of sp³-hybridized carbons (Fsp3) is 0.400. The van der Waals surface area contributed by atoms with E-state index in [0.717, 1.165) is 0 Å². The van der Waals surface area contributed by atoms with Crippen LogP contribution in [0.15, 0.2) is 23.5 Å². The third-order valence-electron chi connectivity index (χ3n) is 2.55. The Bertz CT molecular complexity index is 427. The van der Waals surface area contributed by atoms with Crippen molar-refractivity contribution in [2.24, 2.45) is 10.9 Å². The van der Waals surface area contributed by atoms with Gasteiger partial charge >= 0.3 is 0 Å². The monoisotopic (exact) mass is 256 g/mol. The van der Waals surface area contributed by atoms with Gasteiger partial charge in [0.05, 0.1) is 18.2 Å². The summed E-state index contributed by atoms with van der Waals surface area (Å²) in [5.41, 5.74) is 5.52. The Morgan fingerprint density at radius 1 is 1.71 bits per heavy atom. The maximum absolute atomic E-state index is 8.62. The van der Waals surface area contributed by atoms with Gasteiger partial charge in [-0.3, -0.25) is 0 Å². The second-order valence-corrected chi connectivity index (χ2v) is 4.05. The van der Waals surface area contributed by atoms with Gasteiger partial charge in [-0.2, -0.15) is 0 Å². The van der Waals surface area contributed by atoms with E-state index in [1.54, 1.807) is 18.3 Å². The summed E-state index contributed by atoms with van der Waals surface area (Å²) < 4.78 is 5.39. The van der Waals surface area contributed by atoms with E-state index in [1.807, 2.05) is 4.90 Å². The van der Waals surface area contributed by atoms with Crippen LogP contribution in [0, 0.1) is 0 Å². The zero-order valence-corrected chi connectivity index (χ0v) is 9.84. The molecule has 1 aliphatic heterocycles. The van der Waals surface area contributed by atoms with E-state index in [0.29, 0.717) is 30.5 Å². The molecular weight excluding hydrogens is 244 g/mol. The van der Waals surface area contributed by atoms with Crippen LogP contribution in [0.3, 0.4) is 0 Å². The molecule has 1 unspecified atom stereocenters. The normalized spacial score (nSPS) is 21.6. The molecule has 1 fully saturated rings. The average molecular weight is 257 g/mol. The maximum Gasteiger partial charge on any atom is 0.170 e. The molecule has 0 saturated carbocycles. The van der Waals surface area contributed by atoms with Crippen LogP contribution in [0.4, 0.5) is 5.82 Å². The highest BCUT2D eigenvalue weighted by atomic mass is 35.5. The quantitative estimate of drug-likeness (QED) is 0.352. The molecule has 6 nitrogen and oxygen atoms in total. The van der Waals surface area contributed by atoms with Gasteiger partial charge in [0, 0.05) is 12.7 Å². The molecule has 1 atom stereocenters. The molecule has 2 rings (SSSR count). The van der Waals surface area contributed by atoms with Crippen LogP contribution in [0.1, 0.15) is 0 Å². The highest BCUT2D eigenvalue weighted by Crippen LogP contribution is 2.23. The molecule has 0 radical (unpaired) electrons. The maximum atomic E-state index is 8.62. The third kappa shape index (κ3) is 2.59. The number of halogens is 1. The Hall–Kier alpha value is -1.53. The summed E-state index contributed by atoms with van der Waals surface area (Å²) in [5.74, 6) is 0.745. The van der Waals surface area contributed by atoms with Gasteiger partial charge in [-0.05, 0) is 12.1 Å². The number of hydrogen-bond acceptors (Lipinski definition) is 5. The number of nitrogens with zero attached hydrogens (tertiary/aromatic N) is 3. The molecule has 17 heavy (non-hydrogen) atoms. The van der Waals surface area contributed by atoms with Crippen LogP contribution >= 0.6 is 11.6 Å². The lowest BCUT2D eigenvalue weighted by Crippen LogP contribution is -2.48. The van der Waals surface area contributed by atoms with E-state index in [1.165, 1.54) is 0 Å². The van der Waals surface area contributed by atoms with Crippen molar-refractivity contribution in [3.63, 3.8) is 0 Å². The van der Waals surface area contributed by atoms with Crippen molar-refractivity contribution >= 4 is 23.3 Å². The van der Waals surface area contributed by atoms with Crippen LogP contribution < -0.4 is 10.6 Å². The van der Waals surface area contributed by atoms with Crippen molar-refractivity contribution in [2.75, 3.05) is 24.6 Å². The van der Waals surface area contributed by atoms with E-state index in [2.05, 4.69) is 10.1 Å². The second-order valence-electron chi connectivity index (χ2n) is 3.64. The smallest absolute Gasteiger partial charge is 0.170 e. The molecule has 0 amide bonds. The summed E-state index contributed by atoms with van der Waals surface area (Å²) in [6.45, 7) is 1.62. The summed E-state index contributed by atoms with van der Waals surface area (Å²) in [5, 5.41) is 12.1. The number of hydrogen-bond donors (Lipinski definition) is 2. The van der Waals surface area contributed by atoms with Crippen molar-refractivity contribution in [2.45, 2.75) is 6.10 Å². The minimum Gasteiger partial charge on any atom is -0.409 e. The molecule has 1 saturated heterocycles. The van der Waals surface area contributed by atoms with Gasteiger partial charge in [-0.25, -0.2) is 4.98 Å². The summed E-state index contributed by atoms with van der Waals surface area (Å²) in [7, 11) is 0. The van der Waals surface area contributed by atoms with E-state index in [-0.39, 0.29) is 5.84 Å². The van der Waals surface area contributed by atoms with Gasteiger partial charge in [0.25, 0.3) is 0 Å². The predicted octanol–water partition coefficient (Wildman–Crippen LogP) is 0.687. The molecule has 1 aliphatic rings. The van der Waals surface area contributed by atoms with E-state index in [4.69, 9.17) is 27.3 Å². The number of pyridine rings is 1. The predicted molar refractivity (Wildman–Crippen MR) is 64.6 cm³/mol. The van der Waals surface area contributed by atoms with Gasteiger partial charge in [0.1, 0.15) is 11.9 Å². The molecular formula is C10H13ClN4O2. The van der Waals surface area contributed by atoms with Crippen LogP contribution in [-0.2, 0) is 4.74 Å². The van der Waals surface area contributed by atoms with Crippen molar-refractivity contribution in [3.8, 4) is 0 Å². The first-order valence-corrected chi connectivity index (χ1v) is 5.54. The van der Waals surface area contributed by atoms with Crippen LogP contribution in [-0.4, -0.2) is 41.8 Å². The van der Waals surface area contributed by atoms with Gasteiger partial charge < -0.3 is 20.6 Å². The summed E-state index contributed by atoms with van der Waals surface area (Å²) in [6.07, 6.45) is 1.24. The van der Waals surface area contributed by atoms with Crippen LogP contribution in [0.5, 0.6) is 0 Å². The molecule has 7 heteroatoms. The Kier molecular flexibility index (Phi) is 3.65. The first-order valence-electron chi connectivity index (χ1n) is 5.17. The number of morpholine rings is 1. The van der Waals surface area contributed by atoms with Crippen molar-refractivity contribution in [1.29, 1.82) is 0 Å². The molecule has 0 aromatic carbocycles. The molecule has 0 bridgehead atoms. The molecule has 3 N–H and O–H groups in total. The Morgan fingerprint density at radius 3 is 3.24 bits per heavy atom. The molecule has 92 valence electrons. The topological polar surface area (TPSA) is 84.0 Å². The molecule has 2 heterocycles. The number of nitrogens with two attached hydrogens (primary N) is 1. The minimum atomic E-state index is -0.438. The summed E-state index contributed by atoms with van der Waals surface area (Å²) in [4.78, 5) is 6.17. The Balaban J connectivity index is 2.15. The van der Waals surface area contributed by atoms with Gasteiger partial charge in [-0.15, -0.1) is 0 Å². The highest BCUT2D eigenvalue weighted by Gasteiger charge is 2.25. The average Bonchev–Trinajstić information content (AvgIpc) is 2.38. The van der Waals surface area contributed by atoms with Gasteiger partial charge in [0.15, 0.2) is 5.84 Å². The Labute approximate surface area is 104 Å². The van der Waals surface area contributed by atoms with Crippen molar-refractivity contribution in [1.82, 2.24) is 4.98 Å². The van der Waals surface area contributed by atoms with Crippen molar-refractivity contribution < 1.29 is 9.94 Å². The van der Waals surface area contributed by atoms with E-state index < -0.39 is 6.10 Å². The minimum absolute atomic E-state index is 0.0572. The zero-order chi connectivity index (χ0) is 12.3. The number of oxime groups is 1. The number of ether oxygens (including phenoxy) is 1. The number of anilines is 1. The number of aromatic nitrogens is 1. The second kappa shape index (κ2) is 5.20. The first kappa shape index (κ1) is 11.9. The summed E-state index contributed by atoms with van der Waals surface area (Å²) in [6, 6.07) is 3.55. The van der Waals surface area contributed by atoms with Crippen LogP contribution in [0.25, 0.3) is 0 Å². The van der Waals surface area contributed by atoms with E-state index >= 15 is 0 Å². The number of rotatable bonds is 2. The molecule has 1 aromatic heterocycles. The third-order valence-corrected chi connectivity index (χ3v) is 2.85. The highest BCUT2D eigenvalue weighted by molar-refractivity contribution is 6.32. The SMILES string of the molecule is NC(=NO)C1CN(c2ncccc2Cl)CCO1. The lowest BCUT2D eigenvalue weighted by Gasteiger charge is -2.33. The Morgan fingerprint density at radius 2 is 2.53 bits per heavy atom. The standard InChI is InChI=1S/C10H13ClN4O2/c11-7-2-1-3-13-10(7)15-4-5-17-8(6-15)9(12)14-16/h1-3,8,16H,4-6H2,(H2,12,14). The lowest BCUT2D eigenvalue weighted by atomic mass is 10.2. The lowest BCUT2D eigenvalue weighted by molar-refractivity contribution is 0.0804. The van der Waals surface area contributed by atoms with Gasteiger partial charge in [0.2, 0.25) is 0 Å². The number of amidine groups is 1.